The van der Waals surface area contributed by atoms with Gasteiger partial charge in [-0.3, -0.25) is 4.79 Å². The molecular weight excluding hydrogens is 304 g/mol. The molecule has 1 fully saturated rings. The van der Waals surface area contributed by atoms with Crippen molar-refractivity contribution in [1.82, 2.24) is 20.4 Å². The first-order valence-corrected chi connectivity index (χ1v) is 7.88. The van der Waals surface area contributed by atoms with Crippen LogP contribution in [0.4, 0.5) is 4.79 Å². The fraction of sp³-hybridized carbons (Fsp3) is 0.867. The summed E-state index contributed by atoms with van der Waals surface area (Å²) in [4.78, 5) is 28.0. The average Bonchev–Trinajstić information content (AvgIpc) is 2.49. The van der Waals surface area contributed by atoms with Crippen LogP contribution in [0.3, 0.4) is 0 Å². The standard InChI is InChI=1S/C15H30N4O2.ClH/c1-12(2)10-17-15(21)19-8-5-6-13(11-19)14(20)18(4)9-7-16-3;/h12-13,16H,5-11H2,1-4H3,(H,17,21);1H. The second-order valence-corrected chi connectivity index (χ2v) is 6.23. The van der Waals surface area contributed by atoms with Crippen molar-refractivity contribution in [2.75, 3.05) is 46.8 Å². The predicted molar refractivity (Wildman–Crippen MR) is 91.3 cm³/mol. The van der Waals surface area contributed by atoms with Crippen LogP contribution in [0.1, 0.15) is 26.7 Å². The normalized spacial score (nSPS) is 17.9. The van der Waals surface area contributed by atoms with Gasteiger partial charge in [0, 0.05) is 39.8 Å². The van der Waals surface area contributed by atoms with E-state index in [9.17, 15) is 9.59 Å². The molecule has 0 saturated carbocycles. The maximum Gasteiger partial charge on any atom is 0.317 e. The molecule has 1 saturated heterocycles. The number of hydrogen-bond donors (Lipinski definition) is 2. The van der Waals surface area contributed by atoms with Crippen LogP contribution in [0, 0.1) is 11.8 Å². The molecule has 1 unspecified atom stereocenters. The highest BCUT2D eigenvalue weighted by Crippen LogP contribution is 2.18. The van der Waals surface area contributed by atoms with E-state index in [0.717, 1.165) is 25.9 Å². The van der Waals surface area contributed by atoms with Gasteiger partial charge in [0.1, 0.15) is 0 Å². The van der Waals surface area contributed by atoms with E-state index in [1.165, 1.54) is 0 Å². The van der Waals surface area contributed by atoms with Crippen molar-refractivity contribution >= 4 is 24.3 Å². The summed E-state index contributed by atoms with van der Waals surface area (Å²) in [5.74, 6) is 0.515. The smallest absolute Gasteiger partial charge is 0.317 e. The minimum atomic E-state index is -0.0644. The lowest BCUT2D eigenvalue weighted by Gasteiger charge is -2.34. The van der Waals surface area contributed by atoms with Crippen molar-refractivity contribution < 1.29 is 9.59 Å². The molecule has 1 rings (SSSR count). The quantitative estimate of drug-likeness (QED) is 0.766. The van der Waals surface area contributed by atoms with Crippen LogP contribution in [0.25, 0.3) is 0 Å². The number of urea groups is 1. The Bertz CT molecular complexity index is 352. The maximum absolute atomic E-state index is 12.4. The zero-order chi connectivity index (χ0) is 15.8. The number of halogens is 1. The summed E-state index contributed by atoms with van der Waals surface area (Å²) in [5.41, 5.74) is 0. The Labute approximate surface area is 140 Å². The zero-order valence-corrected chi connectivity index (χ0v) is 15.0. The molecule has 0 aromatic carbocycles. The van der Waals surface area contributed by atoms with Crippen molar-refractivity contribution in [3.8, 4) is 0 Å². The van der Waals surface area contributed by atoms with Crippen molar-refractivity contribution in [3.05, 3.63) is 0 Å². The Morgan fingerprint density at radius 3 is 2.64 bits per heavy atom. The third kappa shape index (κ3) is 6.83. The number of carbonyl (C=O) groups is 2. The third-order valence-corrected chi connectivity index (χ3v) is 3.79. The van der Waals surface area contributed by atoms with Crippen molar-refractivity contribution in [2.24, 2.45) is 11.8 Å². The molecule has 0 radical (unpaired) electrons. The Morgan fingerprint density at radius 2 is 2.05 bits per heavy atom. The highest BCUT2D eigenvalue weighted by Gasteiger charge is 2.29. The van der Waals surface area contributed by atoms with Crippen LogP contribution in [0.5, 0.6) is 0 Å². The van der Waals surface area contributed by atoms with Crippen molar-refractivity contribution in [1.29, 1.82) is 0 Å². The monoisotopic (exact) mass is 334 g/mol. The summed E-state index contributed by atoms with van der Waals surface area (Å²) in [6.07, 6.45) is 1.77. The molecule has 0 bridgehead atoms. The van der Waals surface area contributed by atoms with Gasteiger partial charge in [0.2, 0.25) is 5.91 Å². The summed E-state index contributed by atoms with van der Waals surface area (Å²) in [6.45, 7) is 7.58. The first-order valence-electron chi connectivity index (χ1n) is 7.88. The lowest BCUT2D eigenvalue weighted by Crippen LogP contribution is -2.50. The summed E-state index contributed by atoms with van der Waals surface area (Å²) in [7, 11) is 3.71. The van der Waals surface area contributed by atoms with E-state index in [4.69, 9.17) is 0 Å². The van der Waals surface area contributed by atoms with E-state index >= 15 is 0 Å². The molecule has 7 heteroatoms. The maximum atomic E-state index is 12.4. The van der Waals surface area contributed by atoms with E-state index in [1.54, 1.807) is 9.80 Å². The molecule has 3 amide bonds. The van der Waals surface area contributed by atoms with E-state index in [0.29, 0.717) is 25.6 Å². The number of likely N-dealkylation sites (N-methyl/N-ethyl adjacent to an activating group) is 2. The molecule has 1 heterocycles. The van der Waals surface area contributed by atoms with E-state index in [-0.39, 0.29) is 30.3 Å². The Hall–Kier alpha value is -1.01. The average molecular weight is 335 g/mol. The van der Waals surface area contributed by atoms with Gasteiger partial charge in [-0.25, -0.2) is 4.79 Å². The van der Waals surface area contributed by atoms with Crippen LogP contribution in [0.15, 0.2) is 0 Å². The number of carbonyl (C=O) groups excluding carboxylic acids is 2. The highest BCUT2D eigenvalue weighted by molar-refractivity contribution is 5.85. The summed E-state index contributed by atoms with van der Waals surface area (Å²) >= 11 is 0. The molecule has 22 heavy (non-hydrogen) atoms. The number of nitrogens with one attached hydrogen (secondary N) is 2. The second kappa shape index (κ2) is 10.7. The molecule has 6 nitrogen and oxygen atoms in total. The Balaban J connectivity index is 0.00000441. The number of piperidine rings is 1. The predicted octanol–water partition coefficient (Wildman–Crippen LogP) is 1.16. The van der Waals surface area contributed by atoms with Gasteiger partial charge >= 0.3 is 6.03 Å². The first kappa shape index (κ1) is 21.0. The number of likely N-dealkylation sites (tertiary alicyclic amines) is 1. The van der Waals surface area contributed by atoms with Crippen LogP contribution in [-0.4, -0.2) is 68.6 Å². The number of hydrogen-bond acceptors (Lipinski definition) is 3. The molecular formula is C15H31ClN4O2. The molecule has 0 spiro atoms. The fourth-order valence-corrected chi connectivity index (χ4v) is 2.47. The van der Waals surface area contributed by atoms with Crippen molar-refractivity contribution in [2.45, 2.75) is 26.7 Å². The fourth-order valence-electron chi connectivity index (χ4n) is 2.47. The van der Waals surface area contributed by atoms with Crippen LogP contribution >= 0.6 is 12.4 Å². The van der Waals surface area contributed by atoms with Gasteiger partial charge in [0.15, 0.2) is 0 Å². The molecule has 0 aromatic heterocycles. The minimum Gasteiger partial charge on any atom is -0.344 e. The van der Waals surface area contributed by atoms with E-state index in [1.807, 2.05) is 14.1 Å². The number of amides is 3. The molecule has 1 atom stereocenters. The third-order valence-electron chi connectivity index (χ3n) is 3.79. The van der Waals surface area contributed by atoms with Gasteiger partial charge in [0.05, 0.1) is 5.92 Å². The summed E-state index contributed by atoms with van der Waals surface area (Å²) in [6, 6.07) is -0.0425. The van der Waals surface area contributed by atoms with Gasteiger partial charge in [-0.15, -0.1) is 12.4 Å². The molecule has 130 valence electrons. The van der Waals surface area contributed by atoms with E-state index < -0.39 is 0 Å². The number of nitrogens with zero attached hydrogens (tertiary/aromatic N) is 2. The van der Waals surface area contributed by atoms with Gasteiger partial charge in [-0.05, 0) is 25.8 Å². The minimum absolute atomic E-state index is 0. The zero-order valence-electron chi connectivity index (χ0n) is 14.2. The Kier molecular flexibility index (Phi) is 10.2. The molecule has 1 aliphatic rings. The lowest BCUT2D eigenvalue weighted by atomic mass is 9.97. The lowest BCUT2D eigenvalue weighted by molar-refractivity contribution is -0.135. The van der Waals surface area contributed by atoms with Crippen LogP contribution in [-0.2, 0) is 4.79 Å². The summed E-state index contributed by atoms with van der Waals surface area (Å²) < 4.78 is 0. The van der Waals surface area contributed by atoms with Gasteiger partial charge in [-0.1, -0.05) is 13.8 Å². The second-order valence-electron chi connectivity index (χ2n) is 6.23. The van der Waals surface area contributed by atoms with E-state index in [2.05, 4.69) is 24.5 Å². The SMILES string of the molecule is CNCCN(C)C(=O)C1CCCN(C(=O)NCC(C)C)C1.Cl. The van der Waals surface area contributed by atoms with Crippen molar-refractivity contribution in [3.63, 3.8) is 0 Å². The van der Waals surface area contributed by atoms with Gasteiger partial charge in [-0.2, -0.15) is 0 Å². The largest absolute Gasteiger partial charge is 0.344 e. The molecule has 0 aromatic rings. The van der Waals surface area contributed by atoms with Gasteiger partial charge in [0.25, 0.3) is 0 Å². The topological polar surface area (TPSA) is 64.7 Å². The Morgan fingerprint density at radius 1 is 1.36 bits per heavy atom. The molecule has 1 aliphatic heterocycles. The summed E-state index contributed by atoms with van der Waals surface area (Å²) in [5, 5.41) is 5.97. The van der Waals surface area contributed by atoms with Crippen LogP contribution in [0.2, 0.25) is 0 Å². The number of rotatable bonds is 6. The van der Waals surface area contributed by atoms with Gasteiger partial charge < -0.3 is 20.4 Å². The first-order chi connectivity index (χ1) is 9.95. The molecule has 0 aliphatic carbocycles. The molecule has 2 N–H and O–H groups in total. The highest BCUT2D eigenvalue weighted by atomic mass is 35.5. The van der Waals surface area contributed by atoms with Crippen LogP contribution < -0.4 is 10.6 Å².